The van der Waals surface area contributed by atoms with E-state index in [1.807, 2.05) is 36.4 Å². The van der Waals surface area contributed by atoms with Crippen LogP contribution in [0.1, 0.15) is 29.9 Å². The first kappa shape index (κ1) is 26.5. The number of nitrogens with zero attached hydrogens (tertiary/aromatic N) is 2. The molecule has 2 aromatic carbocycles. The van der Waals surface area contributed by atoms with Crippen LogP contribution in [0.15, 0.2) is 64.5 Å². The van der Waals surface area contributed by atoms with Crippen LogP contribution < -0.4 is 15.6 Å². The number of methoxy groups -OCH3 is 1. The van der Waals surface area contributed by atoms with Crippen LogP contribution >= 0.6 is 23.1 Å². The first-order chi connectivity index (χ1) is 18.4. The summed E-state index contributed by atoms with van der Waals surface area (Å²) in [5.74, 6) is 0.988. The number of hydrogen-bond acceptors (Lipinski definition) is 7. The van der Waals surface area contributed by atoms with Crippen LogP contribution in [-0.2, 0) is 35.5 Å². The number of carbonyl (C=O) groups excluding carboxylic acids is 1. The molecule has 0 spiro atoms. The number of ether oxygens (including phenoxy) is 2. The van der Waals surface area contributed by atoms with Crippen molar-refractivity contribution in [3.8, 4) is 5.75 Å². The van der Waals surface area contributed by atoms with Crippen molar-refractivity contribution < 1.29 is 14.3 Å². The van der Waals surface area contributed by atoms with Gasteiger partial charge in [0.1, 0.15) is 10.6 Å². The van der Waals surface area contributed by atoms with Gasteiger partial charge in [0.2, 0.25) is 5.91 Å². The number of aryl methyl sites for hydroxylation is 1. The zero-order chi connectivity index (χ0) is 26.6. The highest BCUT2D eigenvalue weighted by Crippen LogP contribution is 2.36. The number of rotatable bonds is 9. The van der Waals surface area contributed by atoms with E-state index in [9.17, 15) is 9.59 Å². The number of thiophene rings is 1. The summed E-state index contributed by atoms with van der Waals surface area (Å²) in [4.78, 5) is 33.4. The maximum atomic E-state index is 13.9. The summed E-state index contributed by atoms with van der Waals surface area (Å²) in [6, 6.07) is 17.3. The molecule has 198 valence electrons. The molecule has 0 saturated heterocycles. The van der Waals surface area contributed by atoms with Crippen LogP contribution in [0.2, 0.25) is 0 Å². The molecule has 38 heavy (non-hydrogen) atoms. The highest BCUT2D eigenvalue weighted by Gasteiger charge is 2.28. The van der Waals surface area contributed by atoms with Crippen LogP contribution in [-0.4, -0.2) is 34.4 Å². The molecule has 0 radical (unpaired) electrons. The molecule has 0 bridgehead atoms. The minimum Gasteiger partial charge on any atom is -0.497 e. The molecule has 0 saturated carbocycles. The molecule has 1 aliphatic heterocycles. The Morgan fingerprint density at radius 1 is 1.24 bits per heavy atom. The lowest BCUT2D eigenvalue weighted by Gasteiger charge is -2.26. The van der Waals surface area contributed by atoms with Gasteiger partial charge in [-0.25, -0.2) is 4.98 Å². The Morgan fingerprint density at radius 3 is 2.82 bits per heavy atom. The van der Waals surface area contributed by atoms with Gasteiger partial charge in [0.25, 0.3) is 5.56 Å². The molecular weight excluding hydrogens is 518 g/mol. The molecule has 9 heteroatoms. The van der Waals surface area contributed by atoms with E-state index in [0.717, 1.165) is 27.3 Å². The second-order valence-corrected chi connectivity index (χ2v) is 11.7. The van der Waals surface area contributed by atoms with Crippen molar-refractivity contribution in [3.05, 3.63) is 81.0 Å². The van der Waals surface area contributed by atoms with Crippen molar-refractivity contribution in [2.45, 2.75) is 51.1 Å². The number of anilines is 1. The maximum absolute atomic E-state index is 13.9. The molecule has 0 aliphatic carbocycles. The van der Waals surface area contributed by atoms with Crippen LogP contribution in [0.3, 0.4) is 0 Å². The van der Waals surface area contributed by atoms with Crippen molar-refractivity contribution in [1.29, 1.82) is 0 Å². The van der Waals surface area contributed by atoms with E-state index in [4.69, 9.17) is 14.5 Å². The van der Waals surface area contributed by atoms with Crippen molar-refractivity contribution in [2.24, 2.45) is 5.92 Å². The van der Waals surface area contributed by atoms with E-state index < -0.39 is 0 Å². The lowest BCUT2D eigenvalue weighted by atomic mass is 9.96. The summed E-state index contributed by atoms with van der Waals surface area (Å²) >= 11 is 2.81. The van der Waals surface area contributed by atoms with Gasteiger partial charge in [-0.15, -0.1) is 11.3 Å². The van der Waals surface area contributed by atoms with E-state index in [2.05, 4.69) is 31.3 Å². The number of hydrogen-bond donors (Lipinski definition) is 1. The molecule has 0 unspecified atom stereocenters. The number of nitrogens with one attached hydrogen (secondary N) is 1. The van der Waals surface area contributed by atoms with E-state index >= 15 is 0 Å². The van der Waals surface area contributed by atoms with Crippen molar-refractivity contribution >= 4 is 44.9 Å². The van der Waals surface area contributed by atoms with Gasteiger partial charge in [0, 0.05) is 29.6 Å². The number of amides is 1. The molecule has 1 amide bonds. The third kappa shape index (κ3) is 5.80. The van der Waals surface area contributed by atoms with Crippen LogP contribution in [0, 0.1) is 5.92 Å². The Morgan fingerprint density at radius 2 is 2.05 bits per heavy atom. The number of benzene rings is 2. The molecule has 1 aliphatic rings. The number of carbonyl (C=O) groups is 1. The Hall–Kier alpha value is -3.14. The third-order valence-electron chi connectivity index (χ3n) is 6.69. The number of thioether (sulfide) groups is 1. The highest BCUT2D eigenvalue weighted by atomic mass is 32.2. The minimum atomic E-state index is -0.175. The summed E-state index contributed by atoms with van der Waals surface area (Å²) in [5.41, 5.74) is 2.84. The van der Waals surface area contributed by atoms with Gasteiger partial charge in [0.15, 0.2) is 5.16 Å². The summed E-state index contributed by atoms with van der Waals surface area (Å²) in [6.45, 7) is 5.28. The Kier molecular flexibility index (Phi) is 8.16. The lowest BCUT2D eigenvalue weighted by Crippen LogP contribution is -2.29. The summed E-state index contributed by atoms with van der Waals surface area (Å²) in [5, 5.41) is 4.16. The number of aromatic nitrogens is 2. The minimum absolute atomic E-state index is 0.0384. The molecule has 3 heterocycles. The lowest BCUT2D eigenvalue weighted by molar-refractivity contribution is -0.113. The predicted octanol–water partition coefficient (Wildman–Crippen LogP) is 5.54. The Labute approximate surface area is 230 Å². The average Bonchev–Trinajstić information content (AvgIpc) is 3.30. The van der Waals surface area contributed by atoms with Gasteiger partial charge in [-0.1, -0.05) is 62.0 Å². The summed E-state index contributed by atoms with van der Waals surface area (Å²) in [7, 11) is 1.59. The zero-order valence-electron chi connectivity index (χ0n) is 21.7. The second-order valence-electron chi connectivity index (χ2n) is 9.64. The van der Waals surface area contributed by atoms with Gasteiger partial charge in [-0.3, -0.25) is 14.2 Å². The first-order valence-corrected chi connectivity index (χ1v) is 14.5. The largest absolute Gasteiger partial charge is 0.497 e. The predicted molar refractivity (Wildman–Crippen MR) is 153 cm³/mol. The Bertz CT molecular complexity index is 1500. The van der Waals surface area contributed by atoms with E-state index in [1.54, 1.807) is 17.7 Å². The van der Waals surface area contributed by atoms with Gasteiger partial charge in [0.05, 0.1) is 31.0 Å². The monoisotopic (exact) mass is 549 g/mol. The van der Waals surface area contributed by atoms with Crippen LogP contribution in [0.5, 0.6) is 5.75 Å². The van der Waals surface area contributed by atoms with Crippen LogP contribution in [0.4, 0.5) is 5.69 Å². The first-order valence-electron chi connectivity index (χ1n) is 12.7. The van der Waals surface area contributed by atoms with Crippen molar-refractivity contribution in [3.63, 3.8) is 0 Å². The fraction of sp³-hybridized carbons (Fsp3) is 0.345. The number of fused-ring (bicyclic) bond motifs is 3. The van der Waals surface area contributed by atoms with Crippen molar-refractivity contribution in [2.75, 3.05) is 18.2 Å². The third-order valence-corrected chi connectivity index (χ3v) is 8.77. The molecule has 0 fully saturated rings. The van der Waals surface area contributed by atoms with E-state index in [-0.39, 0.29) is 23.3 Å². The van der Waals surface area contributed by atoms with Gasteiger partial charge < -0.3 is 14.8 Å². The molecule has 5 rings (SSSR count). The zero-order valence-corrected chi connectivity index (χ0v) is 23.4. The molecule has 1 atom stereocenters. The smallest absolute Gasteiger partial charge is 0.263 e. The normalized spacial score (nSPS) is 15.0. The standard InChI is InChI=1S/C29H31N3O4S2/c1-18(2)23-15-22-24(16-36-23)38-27-26(22)28(34)32(13-12-19-8-5-4-6-9-19)29(31-27)37-17-25(33)30-20-10-7-11-21(14-20)35-3/h4-11,14,18,23H,12-13,15-17H2,1-3H3,(H,30,33)/t23-/m0/s1. The van der Waals surface area contributed by atoms with Crippen LogP contribution in [0.25, 0.3) is 10.2 Å². The fourth-order valence-electron chi connectivity index (χ4n) is 4.59. The molecule has 1 N–H and O–H groups in total. The second kappa shape index (κ2) is 11.7. The fourth-order valence-corrected chi connectivity index (χ4v) is 6.58. The maximum Gasteiger partial charge on any atom is 0.263 e. The quantitative estimate of drug-likeness (QED) is 0.218. The highest BCUT2D eigenvalue weighted by molar-refractivity contribution is 7.99. The topological polar surface area (TPSA) is 82.5 Å². The molecule has 2 aromatic heterocycles. The SMILES string of the molecule is COc1cccc(NC(=O)CSc2nc3sc4c(c3c(=O)n2CCc2ccccc2)C[C@@H](C(C)C)OC4)c1. The van der Waals surface area contributed by atoms with Gasteiger partial charge >= 0.3 is 0 Å². The van der Waals surface area contributed by atoms with E-state index in [0.29, 0.717) is 47.5 Å². The summed E-state index contributed by atoms with van der Waals surface area (Å²) < 4.78 is 13.0. The van der Waals surface area contributed by atoms with E-state index in [1.165, 1.54) is 23.1 Å². The van der Waals surface area contributed by atoms with Crippen molar-refractivity contribution in [1.82, 2.24) is 9.55 Å². The molecular formula is C29H31N3O4S2. The van der Waals surface area contributed by atoms with Gasteiger partial charge in [-0.05, 0) is 35.6 Å². The summed E-state index contributed by atoms with van der Waals surface area (Å²) in [6.07, 6.45) is 1.51. The van der Waals surface area contributed by atoms with Gasteiger partial charge in [-0.2, -0.15) is 0 Å². The molecule has 4 aromatic rings. The Balaban J connectivity index is 1.44. The molecule has 7 nitrogen and oxygen atoms in total. The average molecular weight is 550 g/mol.